The summed E-state index contributed by atoms with van der Waals surface area (Å²) in [6.07, 6.45) is 0.782. The first kappa shape index (κ1) is 12.3. The molecule has 0 unspecified atom stereocenters. The van der Waals surface area contributed by atoms with Crippen molar-refractivity contribution in [1.29, 1.82) is 0 Å². The maximum Gasteiger partial charge on any atom is 0.145 e. The minimum absolute atomic E-state index is 0.520. The molecule has 3 rings (SSSR count). The minimum Gasteiger partial charge on any atom is -0.387 e. The van der Waals surface area contributed by atoms with Gasteiger partial charge in [0.25, 0.3) is 0 Å². The van der Waals surface area contributed by atoms with Gasteiger partial charge in [0, 0.05) is 18.5 Å². The number of hydrogen-bond acceptors (Lipinski definition) is 5. The lowest BCUT2D eigenvalue weighted by Crippen LogP contribution is -2.60. The fraction of sp³-hybridized carbons (Fsp3) is 0.429. The van der Waals surface area contributed by atoms with Crippen molar-refractivity contribution in [3.05, 3.63) is 30.1 Å². The highest BCUT2D eigenvalue weighted by molar-refractivity contribution is 5.87. The molecule has 1 aromatic heterocycles. The van der Waals surface area contributed by atoms with Gasteiger partial charge in [0.2, 0.25) is 0 Å². The molecule has 0 spiro atoms. The van der Waals surface area contributed by atoms with E-state index < -0.39 is 5.60 Å². The zero-order chi connectivity index (χ0) is 13.5. The van der Waals surface area contributed by atoms with Gasteiger partial charge in [-0.3, -0.25) is 4.90 Å². The van der Waals surface area contributed by atoms with Crippen LogP contribution >= 0.6 is 0 Å². The van der Waals surface area contributed by atoms with Crippen LogP contribution in [0.2, 0.25) is 0 Å². The molecule has 0 atom stereocenters. The summed E-state index contributed by atoms with van der Waals surface area (Å²) in [7, 11) is 0. The molecule has 2 aromatic rings. The maximum absolute atomic E-state index is 9.99. The second-order valence-corrected chi connectivity index (χ2v) is 5.27. The minimum atomic E-state index is -0.525. The lowest BCUT2D eigenvalue weighted by molar-refractivity contribution is -0.104. The second kappa shape index (κ2) is 4.43. The molecule has 1 fully saturated rings. The fourth-order valence-electron chi connectivity index (χ4n) is 2.54. The van der Waals surface area contributed by atoms with E-state index in [4.69, 9.17) is 5.73 Å². The van der Waals surface area contributed by atoms with Crippen LogP contribution in [0.15, 0.2) is 24.3 Å². The van der Waals surface area contributed by atoms with E-state index in [1.165, 1.54) is 0 Å². The monoisotopic (exact) mass is 258 g/mol. The van der Waals surface area contributed by atoms with Crippen LogP contribution in [0.5, 0.6) is 0 Å². The number of fused-ring (bicyclic) bond motifs is 1. The highest BCUT2D eigenvalue weighted by Crippen LogP contribution is 2.26. The Hall–Kier alpha value is -1.72. The van der Waals surface area contributed by atoms with Crippen LogP contribution in [0.1, 0.15) is 19.2 Å². The molecule has 3 N–H and O–H groups in total. The van der Waals surface area contributed by atoms with Crippen molar-refractivity contribution >= 4 is 16.7 Å². The molecule has 0 saturated carbocycles. The summed E-state index contributed by atoms with van der Waals surface area (Å²) < 4.78 is 0. The molecule has 1 aromatic carbocycles. The van der Waals surface area contributed by atoms with Crippen LogP contribution in [-0.2, 0) is 6.54 Å². The summed E-state index contributed by atoms with van der Waals surface area (Å²) in [5, 5.41) is 10.9. The molecular weight excluding hydrogens is 240 g/mol. The predicted octanol–water partition coefficient (Wildman–Crippen LogP) is 1.17. The van der Waals surface area contributed by atoms with E-state index in [0.717, 1.165) is 17.3 Å². The first-order valence-corrected chi connectivity index (χ1v) is 6.55. The number of para-hydroxylation sites is 1. The maximum atomic E-state index is 9.99. The van der Waals surface area contributed by atoms with Crippen LogP contribution < -0.4 is 5.73 Å². The summed E-state index contributed by atoms with van der Waals surface area (Å²) in [6.45, 7) is 4.00. The number of nitrogen functional groups attached to an aromatic ring is 1. The van der Waals surface area contributed by atoms with Crippen molar-refractivity contribution in [2.24, 2.45) is 0 Å². The van der Waals surface area contributed by atoms with Gasteiger partial charge < -0.3 is 10.8 Å². The Morgan fingerprint density at radius 3 is 2.79 bits per heavy atom. The van der Waals surface area contributed by atoms with E-state index in [9.17, 15) is 5.11 Å². The zero-order valence-corrected chi connectivity index (χ0v) is 11.0. The highest BCUT2D eigenvalue weighted by Gasteiger charge is 2.39. The van der Waals surface area contributed by atoms with Gasteiger partial charge in [-0.05, 0) is 18.6 Å². The molecule has 2 heterocycles. The average molecular weight is 258 g/mol. The third-order valence-corrected chi connectivity index (χ3v) is 3.74. The number of benzene rings is 1. The molecular formula is C14H18N4O. The summed E-state index contributed by atoms with van der Waals surface area (Å²) in [6, 6.07) is 7.74. The quantitative estimate of drug-likeness (QED) is 0.864. The third kappa shape index (κ3) is 2.27. The highest BCUT2D eigenvalue weighted by atomic mass is 16.3. The van der Waals surface area contributed by atoms with Crippen molar-refractivity contribution in [1.82, 2.24) is 14.9 Å². The topological polar surface area (TPSA) is 75.3 Å². The van der Waals surface area contributed by atoms with Gasteiger partial charge in [-0.15, -0.1) is 0 Å². The molecule has 1 aliphatic heterocycles. The van der Waals surface area contributed by atoms with Gasteiger partial charge in [0.15, 0.2) is 0 Å². The predicted molar refractivity (Wildman–Crippen MR) is 74.5 cm³/mol. The largest absolute Gasteiger partial charge is 0.387 e. The number of nitrogens with two attached hydrogens (primary N) is 1. The van der Waals surface area contributed by atoms with Crippen LogP contribution in [0, 0.1) is 0 Å². The zero-order valence-electron chi connectivity index (χ0n) is 11.0. The molecule has 0 aliphatic carbocycles. The van der Waals surface area contributed by atoms with Crippen molar-refractivity contribution in [3.63, 3.8) is 0 Å². The van der Waals surface area contributed by atoms with Gasteiger partial charge in [-0.1, -0.05) is 19.1 Å². The number of β-amino-alcohol motifs (C(OH)–C–C–N with tert-alkyl or cyclic N) is 1. The molecule has 0 amide bonds. The molecule has 1 saturated heterocycles. The molecule has 5 nitrogen and oxygen atoms in total. The van der Waals surface area contributed by atoms with E-state index in [1.807, 2.05) is 31.2 Å². The molecule has 1 aliphatic rings. The Morgan fingerprint density at radius 1 is 1.32 bits per heavy atom. The van der Waals surface area contributed by atoms with E-state index in [-0.39, 0.29) is 0 Å². The van der Waals surface area contributed by atoms with Crippen molar-refractivity contribution in [3.8, 4) is 0 Å². The Morgan fingerprint density at radius 2 is 2.05 bits per heavy atom. The van der Waals surface area contributed by atoms with E-state index in [0.29, 0.717) is 31.3 Å². The summed E-state index contributed by atoms with van der Waals surface area (Å²) in [5.41, 5.74) is 6.30. The van der Waals surface area contributed by atoms with Gasteiger partial charge >= 0.3 is 0 Å². The number of hydrogen-bond donors (Lipinski definition) is 2. The Balaban J connectivity index is 1.79. The van der Waals surface area contributed by atoms with Gasteiger partial charge in [0.1, 0.15) is 11.6 Å². The van der Waals surface area contributed by atoms with Crippen molar-refractivity contribution < 1.29 is 5.11 Å². The lowest BCUT2D eigenvalue weighted by Gasteiger charge is -2.45. The third-order valence-electron chi connectivity index (χ3n) is 3.74. The molecule has 0 radical (unpaired) electrons. The molecule has 100 valence electrons. The van der Waals surface area contributed by atoms with Crippen LogP contribution in [-0.4, -0.2) is 38.7 Å². The van der Waals surface area contributed by atoms with Crippen molar-refractivity contribution in [2.75, 3.05) is 18.8 Å². The fourth-order valence-corrected chi connectivity index (χ4v) is 2.54. The Bertz CT molecular complexity index is 607. The Kier molecular flexibility index (Phi) is 2.88. The van der Waals surface area contributed by atoms with E-state index in [2.05, 4.69) is 14.9 Å². The summed E-state index contributed by atoms with van der Waals surface area (Å²) >= 11 is 0. The van der Waals surface area contributed by atoms with Gasteiger partial charge in [-0.2, -0.15) is 0 Å². The average Bonchev–Trinajstić information content (AvgIpc) is 2.37. The number of nitrogens with zero attached hydrogens (tertiary/aromatic N) is 3. The van der Waals surface area contributed by atoms with Crippen molar-refractivity contribution in [2.45, 2.75) is 25.5 Å². The van der Waals surface area contributed by atoms with E-state index >= 15 is 0 Å². The normalized spacial score (nSPS) is 18.4. The summed E-state index contributed by atoms with van der Waals surface area (Å²) in [5.74, 6) is 1.24. The van der Waals surface area contributed by atoms with E-state index in [1.54, 1.807) is 0 Å². The Labute approximate surface area is 112 Å². The number of rotatable bonds is 3. The smallest absolute Gasteiger partial charge is 0.145 e. The lowest BCUT2D eigenvalue weighted by atomic mass is 9.91. The molecule has 0 bridgehead atoms. The first-order chi connectivity index (χ1) is 9.09. The molecule has 19 heavy (non-hydrogen) atoms. The molecule has 5 heteroatoms. The standard InChI is InChI=1S/C14H18N4O/c1-2-14(19)8-18(9-14)7-12-16-11-6-4-3-5-10(11)13(15)17-12/h3-6,19H,2,7-9H2,1H3,(H2,15,16,17). The number of likely N-dealkylation sites (tertiary alicyclic amines) is 1. The van der Waals surface area contributed by atoms with Crippen LogP contribution in [0.25, 0.3) is 10.9 Å². The summed E-state index contributed by atoms with van der Waals surface area (Å²) in [4.78, 5) is 11.0. The van der Waals surface area contributed by atoms with Crippen LogP contribution in [0.3, 0.4) is 0 Å². The SMILES string of the molecule is CCC1(O)CN(Cc2nc(N)c3ccccc3n2)C1. The number of anilines is 1. The second-order valence-electron chi connectivity index (χ2n) is 5.27. The van der Waals surface area contributed by atoms with Crippen LogP contribution in [0.4, 0.5) is 5.82 Å². The van der Waals surface area contributed by atoms with Gasteiger partial charge in [0.05, 0.1) is 17.7 Å². The van der Waals surface area contributed by atoms with Gasteiger partial charge in [-0.25, -0.2) is 9.97 Å². The first-order valence-electron chi connectivity index (χ1n) is 6.55. The number of aromatic nitrogens is 2. The number of aliphatic hydroxyl groups is 1.